The van der Waals surface area contributed by atoms with Crippen molar-refractivity contribution in [2.45, 2.75) is 17.1 Å². The van der Waals surface area contributed by atoms with Crippen molar-refractivity contribution in [2.24, 2.45) is 0 Å². The second-order valence-corrected chi connectivity index (χ2v) is 6.94. The molecule has 2 aromatic heterocycles. The summed E-state index contributed by atoms with van der Waals surface area (Å²) in [5.74, 6) is 0.278. The third-order valence-corrected chi connectivity index (χ3v) is 4.85. The zero-order chi connectivity index (χ0) is 19.5. The van der Waals surface area contributed by atoms with Crippen molar-refractivity contribution in [1.82, 2.24) is 25.0 Å². The molecule has 6 nitrogen and oxygen atoms in total. The van der Waals surface area contributed by atoms with Gasteiger partial charge in [-0.25, -0.2) is 4.39 Å². The summed E-state index contributed by atoms with van der Waals surface area (Å²) in [4.78, 5) is 0. The van der Waals surface area contributed by atoms with Crippen LogP contribution < -0.4 is 0 Å². The van der Waals surface area contributed by atoms with Gasteiger partial charge in [0.2, 0.25) is 5.16 Å². The van der Waals surface area contributed by atoms with Crippen LogP contribution in [0.5, 0.6) is 0 Å². The Morgan fingerprint density at radius 2 is 1.64 bits per heavy atom. The molecule has 0 aliphatic heterocycles. The lowest BCUT2D eigenvalue weighted by atomic mass is 10.2. The maximum atomic E-state index is 13.3. The first-order chi connectivity index (χ1) is 13.6. The van der Waals surface area contributed by atoms with E-state index < -0.39 is 0 Å². The van der Waals surface area contributed by atoms with E-state index in [0.717, 1.165) is 16.8 Å². The Hall–Kier alpha value is -3.57. The van der Waals surface area contributed by atoms with Crippen LogP contribution in [-0.4, -0.2) is 25.0 Å². The summed E-state index contributed by atoms with van der Waals surface area (Å²) < 4.78 is 15.2. The minimum absolute atomic E-state index is 0.247. The topological polar surface area (TPSA) is 80.3 Å². The Balaban J connectivity index is 1.80. The van der Waals surface area contributed by atoms with E-state index in [9.17, 15) is 4.39 Å². The highest BCUT2D eigenvalue weighted by Crippen LogP contribution is 2.31. The Kier molecular flexibility index (Phi) is 4.83. The van der Waals surface area contributed by atoms with Gasteiger partial charge in [-0.2, -0.15) is 5.26 Å². The van der Waals surface area contributed by atoms with Crippen LogP contribution in [0.4, 0.5) is 4.39 Å². The molecule has 0 fully saturated rings. The average molecular weight is 388 g/mol. The molecular weight excluding hydrogens is 375 g/mol. The largest absolute Gasteiger partial charge is 0.270 e. The van der Waals surface area contributed by atoms with Crippen LogP contribution >= 0.6 is 11.8 Å². The molecule has 0 bridgehead atoms. The molecule has 8 heteroatoms. The molecule has 0 atom stereocenters. The Morgan fingerprint density at radius 3 is 2.29 bits per heavy atom. The van der Waals surface area contributed by atoms with Crippen molar-refractivity contribution >= 4 is 11.8 Å². The smallest absolute Gasteiger partial charge is 0.202 e. The average Bonchev–Trinajstić information content (AvgIpc) is 3.13. The van der Waals surface area contributed by atoms with Gasteiger partial charge in [0.15, 0.2) is 11.5 Å². The lowest BCUT2D eigenvalue weighted by Crippen LogP contribution is -2.00. The fourth-order valence-corrected chi connectivity index (χ4v) is 3.35. The van der Waals surface area contributed by atoms with Crippen LogP contribution in [-0.2, 0) is 0 Å². The fraction of sp³-hybridized carbons (Fsp3) is 0.0500. The summed E-state index contributed by atoms with van der Waals surface area (Å²) >= 11 is 1.28. The van der Waals surface area contributed by atoms with Gasteiger partial charge in [-0.05, 0) is 67.2 Å². The molecule has 28 heavy (non-hydrogen) atoms. The van der Waals surface area contributed by atoms with E-state index in [1.807, 2.05) is 41.8 Å². The van der Waals surface area contributed by atoms with Crippen molar-refractivity contribution < 1.29 is 4.39 Å². The van der Waals surface area contributed by atoms with Gasteiger partial charge in [-0.1, -0.05) is 17.7 Å². The molecule has 0 aliphatic rings. The molecule has 0 saturated carbocycles. The van der Waals surface area contributed by atoms with Crippen LogP contribution in [0.1, 0.15) is 11.3 Å². The monoisotopic (exact) mass is 388 g/mol. The SMILES string of the molecule is Cc1ccc(-n2c(Sc3ccc(C#N)nn3)nnc2-c2ccc(F)cc2)cc1. The molecule has 136 valence electrons. The van der Waals surface area contributed by atoms with Crippen molar-refractivity contribution in [3.8, 4) is 23.1 Å². The Bertz CT molecular complexity index is 1150. The van der Waals surface area contributed by atoms with E-state index in [0.29, 0.717) is 16.0 Å². The summed E-state index contributed by atoms with van der Waals surface area (Å²) in [7, 11) is 0. The third-order valence-electron chi connectivity index (χ3n) is 3.98. The number of halogens is 1. The predicted octanol–water partition coefficient (Wildman–Crippen LogP) is 4.19. The summed E-state index contributed by atoms with van der Waals surface area (Å²) in [6.45, 7) is 2.01. The van der Waals surface area contributed by atoms with E-state index in [4.69, 9.17) is 5.26 Å². The van der Waals surface area contributed by atoms with Crippen LogP contribution in [0.25, 0.3) is 17.1 Å². The first kappa shape index (κ1) is 17.8. The lowest BCUT2D eigenvalue weighted by molar-refractivity contribution is 0.628. The van der Waals surface area contributed by atoms with Crippen LogP contribution in [0.15, 0.2) is 70.8 Å². The molecule has 0 aliphatic carbocycles. The van der Waals surface area contributed by atoms with Gasteiger partial charge >= 0.3 is 0 Å². The summed E-state index contributed by atoms with van der Waals surface area (Å²) in [5, 5.41) is 26.6. The summed E-state index contributed by atoms with van der Waals surface area (Å²) in [5.41, 5.74) is 3.00. The number of nitrogens with zero attached hydrogens (tertiary/aromatic N) is 6. The number of nitriles is 1. The highest BCUT2D eigenvalue weighted by atomic mass is 32.2. The normalized spacial score (nSPS) is 10.6. The van der Waals surface area contributed by atoms with Crippen molar-refractivity contribution in [3.05, 3.63) is 77.7 Å². The van der Waals surface area contributed by atoms with Gasteiger partial charge in [-0.15, -0.1) is 20.4 Å². The van der Waals surface area contributed by atoms with E-state index in [1.165, 1.54) is 23.9 Å². The maximum Gasteiger partial charge on any atom is 0.202 e. The first-order valence-electron chi connectivity index (χ1n) is 8.34. The molecule has 4 rings (SSSR count). The van der Waals surface area contributed by atoms with Gasteiger partial charge in [-0.3, -0.25) is 4.57 Å². The number of hydrogen-bond acceptors (Lipinski definition) is 6. The molecule has 0 saturated heterocycles. The highest BCUT2D eigenvalue weighted by Gasteiger charge is 2.17. The maximum absolute atomic E-state index is 13.3. The van der Waals surface area contributed by atoms with Gasteiger partial charge in [0.05, 0.1) is 0 Å². The summed E-state index contributed by atoms with van der Waals surface area (Å²) in [6.07, 6.45) is 0. The van der Waals surface area contributed by atoms with Crippen LogP contribution in [0, 0.1) is 24.1 Å². The molecule has 0 unspecified atom stereocenters. The van der Waals surface area contributed by atoms with Crippen LogP contribution in [0.2, 0.25) is 0 Å². The molecule has 0 spiro atoms. The van der Waals surface area contributed by atoms with Crippen molar-refractivity contribution in [3.63, 3.8) is 0 Å². The van der Waals surface area contributed by atoms with E-state index in [-0.39, 0.29) is 11.5 Å². The predicted molar refractivity (Wildman–Crippen MR) is 102 cm³/mol. The molecule has 2 aromatic carbocycles. The number of aromatic nitrogens is 5. The van der Waals surface area contributed by atoms with Gasteiger partial charge < -0.3 is 0 Å². The van der Waals surface area contributed by atoms with Crippen molar-refractivity contribution in [1.29, 1.82) is 5.26 Å². The Labute approximate surface area is 164 Å². The number of rotatable bonds is 4. The van der Waals surface area contributed by atoms with E-state index >= 15 is 0 Å². The first-order valence-corrected chi connectivity index (χ1v) is 9.16. The number of benzene rings is 2. The standard InChI is InChI=1S/C20H13FN6S/c1-13-2-9-17(10-3-13)27-19(14-4-6-15(21)7-5-14)25-26-20(27)28-18-11-8-16(12-22)23-24-18/h2-11H,1H3. The van der Waals surface area contributed by atoms with Crippen LogP contribution in [0.3, 0.4) is 0 Å². The molecule has 4 aromatic rings. The number of aryl methyl sites for hydroxylation is 1. The third kappa shape index (κ3) is 3.61. The van der Waals surface area contributed by atoms with E-state index in [2.05, 4.69) is 20.4 Å². The van der Waals surface area contributed by atoms with Gasteiger partial charge in [0, 0.05) is 11.3 Å². The minimum atomic E-state index is -0.312. The fourth-order valence-electron chi connectivity index (χ4n) is 2.58. The summed E-state index contributed by atoms with van der Waals surface area (Å²) in [6, 6.07) is 19.3. The minimum Gasteiger partial charge on any atom is -0.270 e. The quantitative estimate of drug-likeness (QED) is 0.521. The zero-order valence-electron chi connectivity index (χ0n) is 14.7. The highest BCUT2D eigenvalue weighted by molar-refractivity contribution is 7.99. The molecule has 0 N–H and O–H groups in total. The number of hydrogen-bond donors (Lipinski definition) is 0. The lowest BCUT2D eigenvalue weighted by Gasteiger charge is -2.10. The Morgan fingerprint density at radius 1 is 0.893 bits per heavy atom. The van der Waals surface area contributed by atoms with Gasteiger partial charge in [0.25, 0.3) is 0 Å². The van der Waals surface area contributed by atoms with Gasteiger partial charge in [0.1, 0.15) is 16.9 Å². The molecule has 0 amide bonds. The molecule has 0 radical (unpaired) electrons. The zero-order valence-corrected chi connectivity index (χ0v) is 15.6. The second-order valence-electron chi connectivity index (χ2n) is 5.95. The van der Waals surface area contributed by atoms with E-state index in [1.54, 1.807) is 24.3 Å². The molecule has 2 heterocycles. The molecular formula is C20H13FN6S. The second kappa shape index (κ2) is 7.58. The van der Waals surface area contributed by atoms with Crippen molar-refractivity contribution in [2.75, 3.05) is 0 Å².